The van der Waals surface area contributed by atoms with E-state index in [0.29, 0.717) is 27.7 Å². The Hall–Kier alpha value is -2.71. The number of fused-ring (bicyclic) bond motifs is 1. The second-order valence-corrected chi connectivity index (χ2v) is 8.77. The monoisotopic (exact) mass is 459 g/mol. The Morgan fingerprint density at radius 1 is 1.16 bits per heavy atom. The highest BCUT2D eigenvalue weighted by Crippen LogP contribution is 2.36. The molecule has 2 aliphatic rings. The number of amides is 3. The van der Waals surface area contributed by atoms with Gasteiger partial charge in [0.2, 0.25) is 11.8 Å². The summed E-state index contributed by atoms with van der Waals surface area (Å²) in [6, 6.07) is 10.3. The number of carbonyl (C=O) groups is 3. The molecular weight excluding hydrogens is 438 g/mol. The molecule has 2 aromatic carbocycles. The van der Waals surface area contributed by atoms with Crippen LogP contribution in [0, 0.1) is 0 Å². The molecule has 0 spiro atoms. The zero-order valence-electron chi connectivity index (χ0n) is 17.0. The van der Waals surface area contributed by atoms with Crippen molar-refractivity contribution in [3.63, 3.8) is 0 Å². The standard InChI is InChI=1S/C22H22ClN3O4S/c1-30-18-6-5-15(11-16(18)23)24-20(27)12-26-17-10-14(22(29)25-8-2-3-9-25)4-7-19(17)31-13-21(26)28/h4-7,10-11H,2-3,8-9,12-13H2,1H3,(H,24,27). The van der Waals surface area contributed by atoms with E-state index in [2.05, 4.69) is 5.32 Å². The molecule has 2 heterocycles. The maximum atomic E-state index is 12.8. The number of ether oxygens (including phenoxy) is 1. The van der Waals surface area contributed by atoms with E-state index < -0.39 is 0 Å². The Balaban J connectivity index is 1.52. The molecule has 0 radical (unpaired) electrons. The molecular formula is C22H22ClN3O4S. The van der Waals surface area contributed by atoms with Gasteiger partial charge in [-0.15, -0.1) is 11.8 Å². The van der Waals surface area contributed by atoms with Crippen LogP contribution in [0.15, 0.2) is 41.3 Å². The number of nitrogens with zero attached hydrogens (tertiary/aromatic N) is 2. The van der Waals surface area contributed by atoms with Crippen molar-refractivity contribution < 1.29 is 19.1 Å². The average molecular weight is 460 g/mol. The molecule has 9 heteroatoms. The van der Waals surface area contributed by atoms with Gasteiger partial charge in [0.25, 0.3) is 5.91 Å². The second-order valence-electron chi connectivity index (χ2n) is 7.35. The van der Waals surface area contributed by atoms with Gasteiger partial charge < -0.3 is 19.9 Å². The van der Waals surface area contributed by atoms with Crippen molar-refractivity contribution in [2.75, 3.05) is 42.7 Å². The van der Waals surface area contributed by atoms with E-state index >= 15 is 0 Å². The second kappa shape index (κ2) is 9.20. The molecule has 7 nitrogen and oxygen atoms in total. The maximum Gasteiger partial charge on any atom is 0.253 e. The summed E-state index contributed by atoms with van der Waals surface area (Å²) in [7, 11) is 1.51. The zero-order chi connectivity index (χ0) is 22.0. The van der Waals surface area contributed by atoms with Gasteiger partial charge >= 0.3 is 0 Å². The largest absolute Gasteiger partial charge is 0.495 e. The Bertz CT molecular complexity index is 1040. The SMILES string of the molecule is COc1ccc(NC(=O)CN2C(=O)CSc3ccc(C(=O)N4CCCC4)cc32)cc1Cl. The molecule has 0 aromatic heterocycles. The molecule has 0 aliphatic carbocycles. The van der Waals surface area contributed by atoms with E-state index in [0.717, 1.165) is 30.8 Å². The maximum absolute atomic E-state index is 12.8. The van der Waals surface area contributed by atoms with Gasteiger partial charge in [0.15, 0.2) is 0 Å². The fraction of sp³-hybridized carbons (Fsp3) is 0.318. The summed E-state index contributed by atoms with van der Waals surface area (Å²) < 4.78 is 5.12. The normalized spacial score (nSPS) is 15.6. The number of likely N-dealkylation sites (tertiary alicyclic amines) is 1. The van der Waals surface area contributed by atoms with Crippen LogP contribution in [0.4, 0.5) is 11.4 Å². The van der Waals surface area contributed by atoms with Gasteiger partial charge in [-0.3, -0.25) is 14.4 Å². The number of hydrogen-bond donors (Lipinski definition) is 1. The topological polar surface area (TPSA) is 79.0 Å². The quantitative estimate of drug-likeness (QED) is 0.738. The smallest absolute Gasteiger partial charge is 0.253 e. The highest BCUT2D eigenvalue weighted by atomic mass is 35.5. The van der Waals surface area contributed by atoms with Crippen LogP contribution in [-0.2, 0) is 9.59 Å². The third kappa shape index (κ3) is 4.65. The summed E-state index contributed by atoms with van der Waals surface area (Å²) in [5.74, 6) is 0.177. The van der Waals surface area contributed by atoms with E-state index in [1.165, 1.54) is 23.8 Å². The lowest BCUT2D eigenvalue weighted by atomic mass is 10.1. The summed E-state index contributed by atoms with van der Waals surface area (Å²) in [6.45, 7) is 1.34. The van der Waals surface area contributed by atoms with Crippen LogP contribution in [0.2, 0.25) is 5.02 Å². The van der Waals surface area contributed by atoms with Crippen LogP contribution in [0.1, 0.15) is 23.2 Å². The van der Waals surface area contributed by atoms with Crippen molar-refractivity contribution in [2.45, 2.75) is 17.7 Å². The zero-order valence-corrected chi connectivity index (χ0v) is 18.6. The third-order valence-corrected chi connectivity index (χ3v) is 6.62. The molecule has 1 saturated heterocycles. The van der Waals surface area contributed by atoms with Gasteiger partial charge in [-0.25, -0.2) is 0 Å². The van der Waals surface area contributed by atoms with E-state index in [1.54, 1.807) is 30.3 Å². The number of hydrogen-bond acceptors (Lipinski definition) is 5. The minimum absolute atomic E-state index is 0.0411. The van der Waals surface area contributed by atoms with Crippen LogP contribution in [0.25, 0.3) is 0 Å². The number of anilines is 2. The fourth-order valence-electron chi connectivity index (χ4n) is 3.70. The molecule has 3 amide bonds. The fourth-order valence-corrected chi connectivity index (χ4v) is 4.87. The molecule has 1 N–H and O–H groups in total. The summed E-state index contributed by atoms with van der Waals surface area (Å²) >= 11 is 7.53. The number of carbonyl (C=O) groups excluding carboxylic acids is 3. The highest BCUT2D eigenvalue weighted by Gasteiger charge is 2.29. The van der Waals surface area contributed by atoms with Crippen LogP contribution in [0.3, 0.4) is 0 Å². The molecule has 0 bridgehead atoms. The van der Waals surface area contributed by atoms with Crippen molar-refractivity contribution in [1.82, 2.24) is 4.90 Å². The van der Waals surface area contributed by atoms with Gasteiger partial charge in [0.1, 0.15) is 12.3 Å². The van der Waals surface area contributed by atoms with Crippen LogP contribution in [0.5, 0.6) is 5.75 Å². The lowest BCUT2D eigenvalue weighted by Gasteiger charge is -2.29. The third-order valence-electron chi connectivity index (χ3n) is 5.28. The van der Waals surface area contributed by atoms with E-state index in [4.69, 9.17) is 16.3 Å². The Morgan fingerprint density at radius 3 is 2.65 bits per heavy atom. The Morgan fingerprint density at radius 2 is 1.94 bits per heavy atom. The minimum Gasteiger partial charge on any atom is -0.495 e. The van der Waals surface area contributed by atoms with Crippen molar-refractivity contribution in [3.8, 4) is 5.75 Å². The molecule has 4 rings (SSSR count). The Labute approximate surface area is 189 Å². The summed E-state index contributed by atoms with van der Waals surface area (Å²) in [5, 5.41) is 3.14. The molecule has 1 fully saturated rings. The average Bonchev–Trinajstić information content (AvgIpc) is 3.30. The lowest BCUT2D eigenvalue weighted by Crippen LogP contribution is -2.41. The number of halogens is 1. The molecule has 2 aromatic rings. The van der Waals surface area contributed by atoms with Gasteiger partial charge in [0, 0.05) is 29.2 Å². The first kappa shape index (κ1) is 21.5. The molecule has 2 aliphatic heterocycles. The number of nitrogens with one attached hydrogen (secondary N) is 1. The van der Waals surface area contributed by atoms with Crippen LogP contribution >= 0.6 is 23.4 Å². The summed E-state index contributed by atoms with van der Waals surface area (Å²) in [6.07, 6.45) is 2.01. The van der Waals surface area contributed by atoms with Gasteiger partial charge in [-0.05, 0) is 49.2 Å². The Kier molecular flexibility index (Phi) is 6.38. The van der Waals surface area contributed by atoms with Crippen molar-refractivity contribution in [1.29, 1.82) is 0 Å². The number of methoxy groups -OCH3 is 1. The van der Waals surface area contributed by atoms with Crippen molar-refractivity contribution >= 4 is 52.5 Å². The van der Waals surface area contributed by atoms with Crippen LogP contribution in [-0.4, -0.2) is 55.1 Å². The minimum atomic E-state index is -0.358. The number of rotatable bonds is 5. The van der Waals surface area contributed by atoms with Crippen molar-refractivity contribution in [2.24, 2.45) is 0 Å². The molecule has 162 valence electrons. The molecule has 0 unspecified atom stereocenters. The summed E-state index contributed by atoms with van der Waals surface area (Å²) in [5.41, 5.74) is 1.63. The summed E-state index contributed by atoms with van der Waals surface area (Å²) in [4.78, 5) is 42.2. The number of thioether (sulfide) groups is 1. The van der Waals surface area contributed by atoms with E-state index in [-0.39, 0.29) is 30.0 Å². The first-order valence-corrected chi connectivity index (χ1v) is 11.3. The molecule has 0 saturated carbocycles. The van der Waals surface area contributed by atoms with E-state index in [9.17, 15) is 14.4 Å². The number of benzene rings is 2. The molecule has 0 atom stereocenters. The first-order valence-electron chi connectivity index (χ1n) is 9.96. The molecule has 31 heavy (non-hydrogen) atoms. The van der Waals surface area contributed by atoms with E-state index in [1.807, 2.05) is 11.0 Å². The van der Waals surface area contributed by atoms with Crippen LogP contribution < -0.4 is 15.0 Å². The highest BCUT2D eigenvalue weighted by molar-refractivity contribution is 8.00. The predicted octanol–water partition coefficient (Wildman–Crippen LogP) is 3.66. The van der Waals surface area contributed by atoms with Gasteiger partial charge in [-0.2, -0.15) is 0 Å². The van der Waals surface area contributed by atoms with Gasteiger partial charge in [-0.1, -0.05) is 11.6 Å². The van der Waals surface area contributed by atoms with Gasteiger partial charge in [0.05, 0.1) is 23.6 Å². The predicted molar refractivity (Wildman–Crippen MR) is 121 cm³/mol. The van der Waals surface area contributed by atoms with Crippen molar-refractivity contribution in [3.05, 3.63) is 47.0 Å². The first-order chi connectivity index (χ1) is 15.0. The lowest BCUT2D eigenvalue weighted by molar-refractivity contribution is -0.120.